The summed E-state index contributed by atoms with van der Waals surface area (Å²) < 4.78 is 6.24. The van der Waals surface area contributed by atoms with E-state index in [1.165, 1.54) is 11.5 Å². The summed E-state index contributed by atoms with van der Waals surface area (Å²) in [5.41, 5.74) is 0.999. The fourth-order valence-corrected chi connectivity index (χ4v) is 3.18. The Morgan fingerprint density at radius 3 is 3.00 bits per heavy atom. The summed E-state index contributed by atoms with van der Waals surface area (Å²) in [4.78, 5) is 16.2. The van der Waals surface area contributed by atoms with Crippen molar-refractivity contribution in [3.8, 4) is 11.4 Å². The first kappa shape index (κ1) is 14.8. The predicted molar refractivity (Wildman–Crippen MR) is 89.9 cm³/mol. The number of hydrogen-bond acceptors (Lipinski definition) is 7. The Morgan fingerprint density at radius 1 is 1.25 bits per heavy atom. The van der Waals surface area contributed by atoms with Gasteiger partial charge in [-0.15, -0.1) is 10.2 Å². The molecule has 1 aliphatic rings. The third kappa shape index (κ3) is 2.85. The fourth-order valence-electron chi connectivity index (χ4n) is 2.56. The van der Waals surface area contributed by atoms with Gasteiger partial charge in [0.1, 0.15) is 5.82 Å². The van der Waals surface area contributed by atoms with Crippen molar-refractivity contribution in [2.75, 3.05) is 18.4 Å². The maximum atomic E-state index is 11.7. The van der Waals surface area contributed by atoms with Crippen molar-refractivity contribution in [2.45, 2.75) is 13.0 Å². The minimum Gasteiger partial charge on any atom is -0.360 e. The Hall–Kier alpha value is -2.81. The van der Waals surface area contributed by atoms with E-state index in [9.17, 15) is 4.79 Å². The zero-order valence-electron chi connectivity index (χ0n) is 12.8. The maximum absolute atomic E-state index is 11.7. The first-order chi connectivity index (χ1) is 11.8. The molecule has 0 spiro atoms. The predicted octanol–water partition coefficient (Wildman–Crippen LogP) is 1.19. The largest absolute Gasteiger partial charge is 0.360 e. The van der Waals surface area contributed by atoms with E-state index in [2.05, 4.69) is 30.2 Å². The molecule has 1 aromatic carbocycles. The van der Waals surface area contributed by atoms with E-state index in [0.717, 1.165) is 22.3 Å². The molecule has 4 rings (SSSR count). The summed E-state index contributed by atoms with van der Waals surface area (Å²) in [7, 11) is 0. The lowest BCUT2D eigenvalue weighted by atomic mass is 10.2. The van der Waals surface area contributed by atoms with Crippen molar-refractivity contribution in [3.63, 3.8) is 0 Å². The van der Waals surface area contributed by atoms with E-state index in [4.69, 9.17) is 0 Å². The average Bonchev–Trinajstić information content (AvgIpc) is 3.24. The van der Waals surface area contributed by atoms with Crippen LogP contribution in [0.15, 0.2) is 30.3 Å². The van der Waals surface area contributed by atoms with Crippen LogP contribution < -0.4 is 10.6 Å². The Labute approximate surface area is 142 Å². The number of benzene rings is 1. The van der Waals surface area contributed by atoms with Crippen LogP contribution in [0.25, 0.3) is 11.4 Å². The van der Waals surface area contributed by atoms with Crippen LogP contribution in [0, 0.1) is 0 Å². The summed E-state index contributed by atoms with van der Waals surface area (Å²) in [6, 6.07) is 9.87. The number of nitrogens with one attached hydrogen (secondary N) is 2. The van der Waals surface area contributed by atoms with Gasteiger partial charge in [-0.05, 0) is 0 Å². The lowest BCUT2D eigenvalue weighted by Crippen LogP contribution is -2.36. The van der Waals surface area contributed by atoms with Crippen molar-refractivity contribution in [3.05, 3.63) is 42.0 Å². The van der Waals surface area contributed by atoms with Gasteiger partial charge in [-0.3, -0.25) is 4.79 Å². The number of nitrogens with zero attached hydrogens (tertiary/aromatic N) is 5. The highest BCUT2D eigenvalue weighted by atomic mass is 32.1. The molecular weight excluding hydrogens is 326 g/mol. The molecule has 3 aromatic rings. The van der Waals surface area contributed by atoms with Gasteiger partial charge < -0.3 is 15.2 Å². The molecule has 0 radical (unpaired) electrons. The third-order valence-electron chi connectivity index (χ3n) is 3.73. The van der Waals surface area contributed by atoms with Crippen LogP contribution in [-0.4, -0.2) is 43.1 Å². The van der Waals surface area contributed by atoms with Crippen LogP contribution in [0.1, 0.15) is 16.4 Å². The molecule has 1 amide bonds. The Morgan fingerprint density at radius 2 is 2.12 bits per heavy atom. The van der Waals surface area contributed by atoms with E-state index in [1.807, 2.05) is 34.9 Å². The zero-order chi connectivity index (χ0) is 16.4. The van der Waals surface area contributed by atoms with E-state index < -0.39 is 0 Å². The first-order valence-corrected chi connectivity index (χ1v) is 8.42. The molecule has 1 aliphatic heterocycles. The number of carbonyl (C=O) groups is 1. The summed E-state index contributed by atoms with van der Waals surface area (Å²) in [5.74, 6) is 1.75. The lowest BCUT2D eigenvalue weighted by Gasteiger charge is -2.15. The molecule has 0 aliphatic carbocycles. The summed E-state index contributed by atoms with van der Waals surface area (Å²) in [6.07, 6.45) is 0.667. The number of aromatic nitrogens is 5. The van der Waals surface area contributed by atoms with E-state index >= 15 is 0 Å². The SMILES string of the molecule is O=C1NCCn2c(CCNc3nc(-c4ccccc4)ns3)nnc21. The molecule has 0 unspecified atom stereocenters. The molecule has 8 nitrogen and oxygen atoms in total. The van der Waals surface area contributed by atoms with Gasteiger partial charge in [0.15, 0.2) is 5.82 Å². The molecule has 0 saturated heterocycles. The number of carbonyl (C=O) groups excluding carboxylic acids is 1. The van der Waals surface area contributed by atoms with Crippen LogP contribution in [0.5, 0.6) is 0 Å². The molecule has 0 saturated carbocycles. The van der Waals surface area contributed by atoms with E-state index in [0.29, 0.717) is 31.9 Å². The summed E-state index contributed by atoms with van der Waals surface area (Å²) in [5, 5.41) is 14.8. The minimum absolute atomic E-state index is 0.162. The number of rotatable bonds is 5. The van der Waals surface area contributed by atoms with Crippen molar-refractivity contribution < 1.29 is 4.79 Å². The second kappa shape index (κ2) is 6.36. The Bertz CT molecular complexity index is 858. The first-order valence-electron chi connectivity index (χ1n) is 7.64. The molecule has 0 bridgehead atoms. The fraction of sp³-hybridized carbons (Fsp3) is 0.267. The molecular formula is C15H15N7OS. The standard InChI is InChI=1S/C15H15N7OS/c23-14-13-20-19-11(22(13)9-8-16-14)6-7-17-15-18-12(21-24-15)10-4-2-1-3-5-10/h1-5H,6-9H2,(H,16,23)(H,17,18,21). The number of fused-ring (bicyclic) bond motifs is 1. The van der Waals surface area contributed by atoms with Crippen molar-refractivity contribution in [1.29, 1.82) is 0 Å². The van der Waals surface area contributed by atoms with Gasteiger partial charge in [-0.25, -0.2) is 0 Å². The molecule has 122 valence electrons. The lowest BCUT2D eigenvalue weighted by molar-refractivity contribution is 0.0921. The second-order valence-corrected chi connectivity index (χ2v) is 6.07. The molecule has 24 heavy (non-hydrogen) atoms. The van der Waals surface area contributed by atoms with E-state index in [1.54, 1.807) is 0 Å². The van der Waals surface area contributed by atoms with E-state index in [-0.39, 0.29) is 5.91 Å². The summed E-state index contributed by atoms with van der Waals surface area (Å²) in [6.45, 7) is 1.98. The highest BCUT2D eigenvalue weighted by Gasteiger charge is 2.21. The van der Waals surface area contributed by atoms with Crippen LogP contribution >= 0.6 is 11.5 Å². The zero-order valence-corrected chi connectivity index (χ0v) is 13.6. The molecule has 2 aromatic heterocycles. The molecule has 0 atom stereocenters. The van der Waals surface area contributed by atoms with Crippen molar-refractivity contribution in [2.24, 2.45) is 0 Å². The minimum atomic E-state index is -0.162. The van der Waals surface area contributed by atoms with Crippen molar-refractivity contribution >= 4 is 22.6 Å². The van der Waals surface area contributed by atoms with Gasteiger partial charge in [0.25, 0.3) is 5.91 Å². The van der Waals surface area contributed by atoms with Gasteiger partial charge in [0.2, 0.25) is 11.0 Å². The number of amides is 1. The van der Waals surface area contributed by atoms with Gasteiger partial charge in [-0.1, -0.05) is 30.3 Å². The average molecular weight is 341 g/mol. The molecule has 3 heterocycles. The van der Waals surface area contributed by atoms with Gasteiger partial charge >= 0.3 is 0 Å². The third-order valence-corrected chi connectivity index (χ3v) is 4.41. The maximum Gasteiger partial charge on any atom is 0.289 e. The topological polar surface area (TPSA) is 97.6 Å². The van der Waals surface area contributed by atoms with Gasteiger partial charge in [0.05, 0.1) is 0 Å². The quantitative estimate of drug-likeness (QED) is 0.723. The smallest absolute Gasteiger partial charge is 0.289 e. The monoisotopic (exact) mass is 341 g/mol. The number of anilines is 1. The van der Waals surface area contributed by atoms with Gasteiger partial charge in [-0.2, -0.15) is 9.36 Å². The second-order valence-electron chi connectivity index (χ2n) is 5.31. The highest BCUT2D eigenvalue weighted by Crippen LogP contribution is 2.20. The van der Waals surface area contributed by atoms with Crippen LogP contribution in [0.2, 0.25) is 0 Å². The Balaban J connectivity index is 1.38. The normalized spacial score (nSPS) is 13.4. The van der Waals surface area contributed by atoms with Crippen LogP contribution in [0.3, 0.4) is 0 Å². The molecule has 9 heteroatoms. The summed E-state index contributed by atoms with van der Waals surface area (Å²) >= 11 is 1.33. The number of hydrogen-bond donors (Lipinski definition) is 2. The van der Waals surface area contributed by atoms with Crippen LogP contribution in [-0.2, 0) is 13.0 Å². The highest BCUT2D eigenvalue weighted by molar-refractivity contribution is 7.09. The van der Waals surface area contributed by atoms with Crippen molar-refractivity contribution in [1.82, 2.24) is 29.4 Å². The molecule has 0 fully saturated rings. The Kier molecular flexibility index (Phi) is 3.91. The van der Waals surface area contributed by atoms with Gasteiger partial charge in [0, 0.05) is 43.2 Å². The molecule has 2 N–H and O–H groups in total. The van der Waals surface area contributed by atoms with Crippen LogP contribution in [0.4, 0.5) is 5.13 Å².